The Labute approximate surface area is 186 Å². The molecule has 170 valence electrons. The van der Waals surface area contributed by atoms with Crippen LogP contribution in [0.5, 0.6) is 0 Å². The number of aliphatic hydroxyl groups excluding tert-OH is 1. The zero-order valence-electron chi connectivity index (χ0n) is 17.8. The van der Waals surface area contributed by atoms with E-state index >= 15 is 0 Å². The number of fused-ring (bicyclic) bond motifs is 1. The average Bonchev–Trinajstić information content (AvgIpc) is 3.28. The van der Waals surface area contributed by atoms with E-state index in [9.17, 15) is 18.0 Å². The highest BCUT2D eigenvalue weighted by Crippen LogP contribution is 2.25. The highest BCUT2D eigenvalue weighted by molar-refractivity contribution is 7.92. The molecule has 0 spiro atoms. The van der Waals surface area contributed by atoms with Gasteiger partial charge in [-0.05, 0) is 43.5 Å². The van der Waals surface area contributed by atoms with E-state index in [2.05, 4.69) is 11.8 Å². The lowest BCUT2D eigenvalue weighted by atomic mass is 10.1. The van der Waals surface area contributed by atoms with Crippen molar-refractivity contribution in [2.24, 2.45) is 0 Å². The summed E-state index contributed by atoms with van der Waals surface area (Å²) in [5.41, 5.74) is 4.63. The standard InChI is InChI=1S/C22H25N3O6S/c1-22(20(27)23-29,32(2,30)31)10-11-24-15-19-13-18(14-25(19)21(24)28)8-7-16-3-5-17(6-4-16)9-12-26/h3-6,13-14,26,29H,9-12,15H2,1-2H3,(H,23,27). The largest absolute Gasteiger partial charge is 0.396 e. The van der Waals surface area contributed by atoms with Crippen LogP contribution in [0.15, 0.2) is 36.5 Å². The molecule has 0 radical (unpaired) electrons. The molecule has 0 saturated carbocycles. The molecule has 2 aromatic rings. The van der Waals surface area contributed by atoms with Crippen molar-refractivity contribution in [3.63, 3.8) is 0 Å². The topological polar surface area (TPSA) is 129 Å². The smallest absolute Gasteiger partial charge is 0.328 e. The van der Waals surface area contributed by atoms with Gasteiger partial charge in [0.25, 0.3) is 5.91 Å². The minimum absolute atomic E-state index is 0.0265. The molecule has 1 aliphatic rings. The molecule has 3 N–H and O–H groups in total. The number of amides is 2. The van der Waals surface area contributed by atoms with Gasteiger partial charge >= 0.3 is 6.03 Å². The number of nitrogens with zero attached hydrogens (tertiary/aromatic N) is 2. The Bertz CT molecular complexity index is 1190. The number of aliphatic hydroxyl groups is 1. The van der Waals surface area contributed by atoms with E-state index < -0.39 is 20.5 Å². The molecule has 1 aromatic carbocycles. The number of carbonyl (C=O) groups excluding carboxylic acids is 2. The van der Waals surface area contributed by atoms with Crippen LogP contribution in [0.25, 0.3) is 0 Å². The minimum atomic E-state index is -3.83. The SMILES string of the molecule is CC(CCN1Cc2cc(C#Cc3ccc(CCO)cc3)cn2C1=O)(C(=O)NO)S(C)(=O)=O. The van der Waals surface area contributed by atoms with Gasteiger partial charge in [-0.2, -0.15) is 0 Å². The predicted octanol–water partition coefficient (Wildman–Crippen LogP) is 0.905. The molecule has 1 atom stereocenters. The van der Waals surface area contributed by atoms with Gasteiger partial charge in [-0.15, -0.1) is 0 Å². The number of carbonyl (C=O) groups is 2. The molecule has 1 aromatic heterocycles. The lowest BCUT2D eigenvalue weighted by Gasteiger charge is -2.27. The molecule has 1 aliphatic heterocycles. The summed E-state index contributed by atoms with van der Waals surface area (Å²) in [4.78, 5) is 26.1. The normalized spacial score (nSPS) is 15.0. The highest BCUT2D eigenvalue weighted by atomic mass is 32.2. The van der Waals surface area contributed by atoms with Gasteiger partial charge in [0.2, 0.25) is 0 Å². The Balaban J connectivity index is 1.68. The van der Waals surface area contributed by atoms with Crippen LogP contribution in [0.3, 0.4) is 0 Å². The molecular formula is C22H25N3O6S. The zero-order chi connectivity index (χ0) is 23.5. The number of sulfone groups is 1. The number of hydrogen-bond acceptors (Lipinski definition) is 6. The first kappa shape index (κ1) is 23.5. The van der Waals surface area contributed by atoms with Crippen LogP contribution >= 0.6 is 0 Å². The third-order valence-corrected chi connectivity index (χ3v) is 7.72. The second-order valence-corrected chi connectivity index (χ2v) is 10.4. The maximum Gasteiger partial charge on any atom is 0.328 e. The van der Waals surface area contributed by atoms with E-state index in [-0.39, 0.29) is 32.1 Å². The van der Waals surface area contributed by atoms with Crippen molar-refractivity contribution in [2.75, 3.05) is 19.4 Å². The summed E-state index contributed by atoms with van der Waals surface area (Å²) in [6.45, 7) is 1.60. The van der Waals surface area contributed by atoms with E-state index in [1.165, 1.54) is 21.9 Å². The fraction of sp³-hybridized carbons (Fsp3) is 0.364. The third-order valence-electron chi connectivity index (χ3n) is 5.69. The Morgan fingerprint density at radius 1 is 1.22 bits per heavy atom. The van der Waals surface area contributed by atoms with Crippen molar-refractivity contribution in [1.82, 2.24) is 14.9 Å². The summed E-state index contributed by atoms with van der Waals surface area (Å²) >= 11 is 0. The first-order chi connectivity index (χ1) is 15.1. The summed E-state index contributed by atoms with van der Waals surface area (Å²) in [6.07, 6.45) is 2.98. The monoisotopic (exact) mass is 459 g/mol. The summed E-state index contributed by atoms with van der Waals surface area (Å²) in [6, 6.07) is 9.01. The van der Waals surface area contributed by atoms with Crippen molar-refractivity contribution < 1.29 is 28.3 Å². The second kappa shape index (κ2) is 9.16. The molecule has 10 heteroatoms. The van der Waals surface area contributed by atoms with Gasteiger partial charge < -0.3 is 10.0 Å². The van der Waals surface area contributed by atoms with Gasteiger partial charge in [0.05, 0.1) is 6.54 Å². The lowest BCUT2D eigenvalue weighted by Crippen LogP contribution is -2.50. The van der Waals surface area contributed by atoms with Crippen LogP contribution in [-0.4, -0.2) is 64.3 Å². The summed E-state index contributed by atoms with van der Waals surface area (Å²) in [7, 11) is -3.83. The Morgan fingerprint density at radius 2 is 1.88 bits per heavy atom. The highest BCUT2D eigenvalue weighted by Gasteiger charge is 2.44. The van der Waals surface area contributed by atoms with E-state index in [1.807, 2.05) is 24.3 Å². The van der Waals surface area contributed by atoms with Gasteiger partial charge in [-0.1, -0.05) is 24.0 Å². The quantitative estimate of drug-likeness (QED) is 0.321. The van der Waals surface area contributed by atoms with Gasteiger partial charge in [0.1, 0.15) is 0 Å². The van der Waals surface area contributed by atoms with Crippen molar-refractivity contribution in [3.05, 3.63) is 58.9 Å². The summed E-state index contributed by atoms with van der Waals surface area (Å²) in [5, 5.41) is 17.9. The van der Waals surface area contributed by atoms with E-state index in [0.29, 0.717) is 17.7 Å². The molecule has 0 saturated heterocycles. The molecule has 3 rings (SSSR count). The van der Waals surface area contributed by atoms with Crippen molar-refractivity contribution in [1.29, 1.82) is 0 Å². The fourth-order valence-electron chi connectivity index (χ4n) is 3.43. The molecule has 1 unspecified atom stereocenters. The van der Waals surface area contributed by atoms with Crippen LogP contribution in [0.4, 0.5) is 4.79 Å². The third kappa shape index (κ3) is 4.70. The molecule has 0 fully saturated rings. The van der Waals surface area contributed by atoms with E-state index in [4.69, 9.17) is 10.3 Å². The number of benzene rings is 1. The number of hydroxylamine groups is 1. The first-order valence-electron chi connectivity index (χ1n) is 9.95. The van der Waals surface area contributed by atoms with Crippen LogP contribution in [0.2, 0.25) is 0 Å². The number of rotatable bonds is 7. The van der Waals surface area contributed by atoms with E-state index in [0.717, 1.165) is 17.4 Å². The fourth-order valence-corrected chi connectivity index (χ4v) is 4.27. The average molecular weight is 460 g/mol. The zero-order valence-corrected chi connectivity index (χ0v) is 18.6. The van der Waals surface area contributed by atoms with Gasteiger partial charge in [-0.3, -0.25) is 14.6 Å². The lowest BCUT2D eigenvalue weighted by molar-refractivity contribution is -0.131. The Hall–Kier alpha value is -3.13. The molecule has 2 amide bonds. The first-order valence-corrected chi connectivity index (χ1v) is 11.8. The van der Waals surface area contributed by atoms with Gasteiger partial charge in [-0.25, -0.2) is 18.7 Å². The molecule has 0 bridgehead atoms. The maximum absolute atomic E-state index is 12.7. The Kier molecular flexibility index (Phi) is 6.74. The van der Waals surface area contributed by atoms with Gasteiger partial charge in [0, 0.05) is 42.4 Å². The molecular weight excluding hydrogens is 434 g/mol. The second-order valence-electron chi connectivity index (χ2n) is 7.91. The van der Waals surface area contributed by atoms with Crippen LogP contribution in [0, 0.1) is 11.8 Å². The van der Waals surface area contributed by atoms with Crippen molar-refractivity contribution >= 4 is 21.8 Å². The molecule has 32 heavy (non-hydrogen) atoms. The van der Waals surface area contributed by atoms with Crippen molar-refractivity contribution in [2.45, 2.75) is 31.1 Å². The van der Waals surface area contributed by atoms with E-state index in [1.54, 1.807) is 12.3 Å². The Morgan fingerprint density at radius 3 is 2.44 bits per heavy atom. The summed E-state index contributed by atoms with van der Waals surface area (Å²) < 4.78 is 23.8. The predicted molar refractivity (Wildman–Crippen MR) is 117 cm³/mol. The molecule has 9 nitrogen and oxygen atoms in total. The number of aromatic nitrogens is 1. The van der Waals surface area contributed by atoms with Crippen LogP contribution < -0.4 is 5.48 Å². The summed E-state index contributed by atoms with van der Waals surface area (Å²) in [5.74, 6) is 5.03. The maximum atomic E-state index is 12.7. The molecule has 2 heterocycles. The number of nitrogens with one attached hydrogen (secondary N) is 1. The van der Waals surface area contributed by atoms with Crippen LogP contribution in [-0.2, 0) is 27.6 Å². The molecule has 0 aliphatic carbocycles. The number of hydrogen-bond donors (Lipinski definition) is 3. The minimum Gasteiger partial charge on any atom is -0.396 e. The van der Waals surface area contributed by atoms with Crippen LogP contribution in [0.1, 0.15) is 35.7 Å². The van der Waals surface area contributed by atoms with Gasteiger partial charge in [0.15, 0.2) is 14.6 Å². The van der Waals surface area contributed by atoms with Crippen molar-refractivity contribution in [3.8, 4) is 11.8 Å².